The van der Waals surface area contributed by atoms with Gasteiger partial charge in [-0.2, -0.15) is 0 Å². The molecule has 0 fully saturated rings. The van der Waals surface area contributed by atoms with E-state index in [1.807, 2.05) is 17.7 Å². The molecule has 0 radical (unpaired) electrons. The maximum atomic E-state index is 5.34. The normalized spacial score (nSPS) is 10.5. The zero-order valence-corrected chi connectivity index (χ0v) is 8.90. The van der Waals surface area contributed by atoms with Gasteiger partial charge in [-0.3, -0.25) is 0 Å². The first kappa shape index (κ1) is 9.76. The first-order valence-corrected chi connectivity index (χ1v) is 4.96. The highest BCUT2D eigenvalue weighted by Crippen LogP contribution is 2.07. The second-order valence-corrected chi connectivity index (χ2v) is 3.26. The molecule has 0 bridgehead atoms. The van der Waals surface area contributed by atoms with Gasteiger partial charge in [0.05, 0.1) is 12.7 Å². The number of aryl methyl sites for hydroxylation is 2. The van der Waals surface area contributed by atoms with Crippen molar-refractivity contribution in [2.24, 2.45) is 0 Å². The Morgan fingerprint density at radius 3 is 3.00 bits per heavy atom. The van der Waals surface area contributed by atoms with Gasteiger partial charge < -0.3 is 14.3 Å². The van der Waals surface area contributed by atoms with E-state index in [0.29, 0.717) is 12.4 Å². The van der Waals surface area contributed by atoms with Crippen LogP contribution in [0.5, 0.6) is 0 Å². The Hall–Kier alpha value is -1.78. The minimum Gasteiger partial charge on any atom is -0.444 e. The molecule has 2 aromatic rings. The Labute approximate surface area is 88.2 Å². The fourth-order valence-electron chi connectivity index (χ4n) is 1.37. The number of hydrogen-bond acceptors (Lipinski definition) is 4. The van der Waals surface area contributed by atoms with Crippen LogP contribution in [-0.2, 0) is 13.1 Å². The third kappa shape index (κ3) is 2.18. The van der Waals surface area contributed by atoms with Gasteiger partial charge in [0.25, 0.3) is 0 Å². The summed E-state index contributed by atoms with van der Waals surface area (Å²) in [4.78, 5) is 8.30. The third-order valence-corrected chi connectivity index (χ3v) is 2.12. The molecule has 0 saturated heterocycles. The molecule has 2 aromatic heterocycles. The molecule has 2 rings (SSSR count). The maximum Gasteiger partial charge on any atom is 0.213 e. The van der Waals surface area contributed by atoms with Gasteiger partial charge in [-0.1, -0.05) is 0 Å². The molecule has 0 aliphatic heterocycles. The van der Waals surface area contributed by atoms with Crippen LogP contribution in [0.2, 0.25) is 0 Å². The minimum absolute atomic E-state index is 0.560. The van der Waals surface area contributed by atoms with E-state index in [4.69, 9.17) is 4.42 Å². The molecule has 15 heavy (non-hydrogen) atoms. The van der Waals surface area contributed by atoms with Crippen LogP contribution in [0.25, 0.3) is 0 Å². The molecule has 0 amide bonds. The van der Waals surface area contributed by atoms with Gasteiger partial charge in [0.1, 0.15) is 5.76 Å². The molecule has 0 spiro atoms. The molecule has 1 N–H and O–H groups in total. The van der Waals surface area contributed by atoms with Gasteiger partial charge in [-0.05, 0) is 13.8 Å². The van der Waals surface area contributed by atoms with Crippen molar-refractivity contribution in [1.82, 2.24) is 14.5 Å². The first-order chi connectivity index (χ1) is 7.29. The van der Waals surface area contributed by atoms with E-state index in [0.717, 1.165) is 18.3 Å². The van der Waals surface area contributed by atoms with Gasteiger partial charge >= 0.3 is 0 Å². The number of rotatable bonds is 4. The lowest BCUT2D eigenvalue weighted by Crippen LogP contribution is -2.06. The van der Waals surface area contributed by atoms with E-state index >= 15 is 0 Å². The third-order valence-electron chi connectivity index (χ3n) is 2.12. The standard InChI is InChI=1S/C10H14N4O/c1-3-14-5-4-11-10(14)13-7-9-12-6-8(2)15-9/h4-6H,3,7H2,1-2H3,(H,11,13). The zero-order chi connectivity index (χ0) is 10.7. The SMILES string of the molecule is CCn1ccnc1NCc1ncc(C)o1. The lowest BCUT2D eigenvalue weighted by Gasteiger charge is -2.05. The molecule has 0 aliphatic rings. The lowest BCUT2D eigenvalue weighted by molar-refractivity contribution is 0.478. The van der Waals surface area contributed by atoms with Crippen LogP contribution in [0.3, 0.4) is 0 Å². The van der Waals surface area contributed by atoms with Crippen LogP contribution in [0.15, 0.2) is 23.0 Å². The van der Waals surface area contributed by atoms with Crippen molar-refractivity contribution in [1.29, 1.82) is 0 Å². The Balaban J connectivity index is 1.98. The highest BCUT2D eigenvalue weighted by Gasteiger charge is 2.03. The number of nitrogens with one attached hydrogen (secondary N) is 1. The summed E-state index contributed by atoms with van der Waals surface area (Å²) >= 11 is 0. The molecule has 0 unspecified atom stereocenters. The van der Waals surface area contributed by atoms with E-state index in [-0.39, 0.29) is 0 Å². The number of nitrogens with zero attached hydrogens (tertiary/aromatic N) is 3. The van der Waals surface area contributed by atoms with Crippen molar-refractivity contribution in [3.8, 4) is 0 Å². The predicted molar refractivity (Wildman–Crippen MR) is 56.5 cm³/mol. The van der Waals surface area contributed by atoms with Crippen LogP contribution in [0.1, 0.15) is 18.6 Å². The molecule has 5 nitrogen and oxygen atoms in total. The van der Waals surface area contributed by atoms with E-state index in [9.17, 15) is 0 Å². The molecular weight excluding hydrogens is 192 g/mol. The number of hydrogen-bond donors (Lipinski definition) is 1. The number of oxazole rings is 1. The number of anilines is 1. The highest BCUT2D eigenvalue weighted by atomic mass is 16.4. The van der Waals surface area contributed by atoms with Gasteiger partial charge in [0, 0.05) is 18.9 Å². The van der Waals surface area contributed by atoms with Crippen molar-refractivity contribution in [2.45, 2.75) is 26.9 Å². The number of aromatic nitrogens is 3. The molecule has 5 heteroatoms. The van der Waals surface area contributed by atoms with E-state index < -0.39 is 0 Å². The topological polar surface area (TPSA) is 55.9 Å². The summed E-state index contributed by atoms with van der Waals surface area (Å²) in [6.07, 6.45) is 5.42. The Bertz CT molecular complexity index is 432. The molecule has 80 valence electrons. The minimum atomic E-state index is 0.560. The number of imidazole rings is 1. The molecule has 0 saturated carbocycles. The summed E-state index contributed by atoms with van der Waals surface area (Å²) in [5.41, 5.74) is 0. The van der Waals surface area contributed by atoms with Gasteiger partial charge in [-0.15, -0.1) is 0 Å². The van der Waals surface area contributed by atoms with Crippen LogP contribution < -0.4 is 5.32 Å². The van der Waals surface area contributed by atoms with Gasteiger partial charge in [-0.25, -0.2) is 9.97 Å². The van der Waals surface area contributed by atoms with Crippen LogP contribution in [-0.4, -0.2) is 14.5 Å². The van der Waals surface area contributed by atoms with Gasteiger partial charge in [0.2, 0.25) is 11.8 Å². The van der Waals surface area contributed by atoms with E-state index in [2.05, 4.69) is 22.2 Å². The second-order valence-electron chi connectivity index (χ2n) is 3.26. The van der Waals surface area contributed by atoms with Crippen molar-refractivity contribution < 1.29 is 4.42 Å². The lowest BCUT2D eigenvalue weighted by atomic mass is 10.6. The van der Waals surface area contributed by atoms with E-state index in [1.165, 1.54) is 0 Å². The predicted octanol–water partition coefficient (Wildman–Crippen LogP) is 1.81. The second kappa shape index (κ2) is 4.16. The van der Waals surface area contributed by atoms with Crippen LogP contribution in [0, 0.1) is 6.92 Å². The van der Waals surface area contributed by atoms with Gasteiger partial charge in [0.15, 0.2) is 0 Å². The molecular formula is C10H14N4O. The van der Waals surface area contributed by atoms with Crippen molar-refractivity contribution in [3.05, 3.63) is 30.2 Å². The maximum absolute atomic E-state index is 5.34. The van der Waals surface area contributed by atoms with Crippen molar-refractivity contribution in [3.63, 3.8) is 0 Å². The summed E-state index contributed by atoms with van der Waals surface area (Å²) in [6.45, 7) is 5.41. The van der Waals surface area contributed by atoms with Crippen LogP contribution >= 0.6 is 0 Å². The van der Waals surface area contributed by atoms with Crippen molar-refractivity contribution in [2.75, 3.05) is 5.32 Å². The summed E-state index contributed by atoms with van der Waals surface area (Å²) in [7, 11) is 0. The smallest absolute Gasteiger partial charge is 0.213 e. The highest BCUT2D eigenvalue weighted by molar-refractivity contribution is 5.25. The molecule has 0 atom stereocenters. The quantitative estimate of drug-likeness (QED) is 0.828. The average molecular weight is 206 g/mol. The Morgan fingerprint density at radius 1 is 1.47 bits per heavy atom. The average Bonchev–Trinajstić information content (AvgIpc) is 2.83. The molecule has 0 aromatic carbocycles. The summed E-state index contributed by atoms with van der Waals surface area (Å²) in [5, 5.41) is 3.17. The Morgan fingerprint density at radius 2 is 2.33 bits per heavy atom. The summed E-state index contributed by atoms with van der Waals surface area (Å²) in [6, 6.07) is 0. The fraction of sp³-hybridized carbons (Fsp3) is 0.400. The Kier molecular flexibility index (Phi) is 2.71. The summed E-state index contributed by atoms with van der Waals surface area (Å²) < 4.78 is 7.37. The van der Waals surface area contributed by atoms with E-state index in [1.54, 1.807) is 12.4 Å². The van der Waals surface area contributed by atoms with Crippen molar-refractivity contribution >= 4 is 5.95 Å². The zero-order valence-electron chi connectivity index (χ0n) is 8.90. The molecule has 2 heterocycles. The first-order valence-electron chi connectivity index (χ1n) is 4.96. The monoisotopic (exact) mass is 206 g/mol. The summed E-state index contributed by atoms with van der Waals surface area (Å²) in [5.74, 6) is 2.34. The molecule has 0 aliphatic carbocycles. The van der Waals surface area contributed by atoms with Crippen LogP contribution in [0.4, 0.5) is 5.95 Å². The fourth-order valence-corrected chi connectivity index (χ4v) is 1.37. The largest absolute Gasteiger partial charge is 0.444 e.